The molecule has 8 heteroatoms. The number of nitrogens with zero attached hydrogens (tertiary/aromatic N) is 3. The standard InChI is InChI=1S/C25H25FN4O3/c1-15(31)24-18-9-5-6-10-21(18)30(28-24)14-23(32)29-13-17(26)11-22(29)25(33)27-20-12-19(20)16-7-3-2-4-8-16/h2-10,17,19-20,22H,11-14H2,1H3,(H,27,33)/t17-,19+,20-,22+/m1/s1. The number of Topliss-reactive ketones (excluding diaryl/α,β-unsaturated/α-hetero) is 1. The Kier molecular flexibility index (Phi) is 5.44. The van der Waals surface area contributed by atoms with E-state index in [9.17, 15) is 18.8 Å². The van der Waals surface area contributed by atoms with Crippen molar-refractivity contribution in [3.63, 3.8) is 0 Å². The second-order valence-corrected chi connectivity index (χ2v) is 8.84. The molecular formula is C25H25FN4O3. The topological polar surface area (TPSA) is 84.3 Å². The molecule has 4 atom stereocenters. The van der Waals surface area contributed by atoms with Crippen LogP contribution in [0.15, 0.2) is 54.6 Å². The molecule has 0 bridgehead atoms. The lowest BCUT2D eigenvalue weighted by Gasteiger charge is -2.24. The zero-order chi connectivity index (χ0) is 23.1. The molecule has 33 heavy (non-hydrogen) atoms. The smallest absolute Gasteiger partial charge is 0.245 e. The fourth-order valence-corrected chi connectivity index (χ4v) is 4.74. The monoisotopic (exact) mass is 448 g/mol. The van der Waals surface area contributed by atoms with Gasteiger partial charge in [0.15, 0.2) is 5.78 Å². The van der Waals surface area contributed by atoms with E-state index < -0.39 is 18.1 Å². The number of hydrogen-bond donors (Lipinski definition) is 1. The van der Waals surface area contributed by atoms with Gasteiger partial charge >= 0.3 is 0 Å². The molecule has 170 valence electrons. The van der Waals surface area contributed by atoms with Crippen molar-refractivity contribution in [3.05, 3.63) is 65.9 Å². The number of alkyl halides is 1. The summed E-state index contributed by atoms with van der Waals surface area (Å²) < 4.78 is 15.8. The number of hydrogen-bond acceptors (Lipinski definition) is 4. The van der Waals surface area contributed by atoms with Crippen molar-refractivity contribution in [2.24, 2.45) is 0 Å². The third-order valence-corrected chi connectivity index (χ3v) is 6.50. The van der Waals surface area contributed by atoms with Crippen LogP contribution in [0.5, 0.6) is 0 Å². The molecular weight excluding hydrogens is 423 g/mol. The van der Waals surface area contributed by atoms with Crippen LogP contribution in [0, 0.1) is 0 Å². The molecule has 1 saturated carbocycles. The molecule has 1 aliphatic carbocycles. The van der Waals surface area contributed by atoms with Gasteiger partial charge in [-0.3, -0.25) is 19.1 Å². The van der Waals surface area contributed by atoms with Crippen LogP contribution in [0.25, 0.3) is 10.9 Å². The minimum absolute atomic E-state index is 0.00342. The minimum atomic E-state index is -1.25. The summed E-state index contributed by atoms with van der Waals surface area (Å²) in [7, 11) is 0. The van der Waals surface area contributed by atoms with Gasteiger partial charge in [-0.1, -0.05) is 48.5 Å². The highest BCUT2D eigenvalue weighted by Gasteiger charge is 2.44. The van der Waals surface area contributed by atoms with E-state index in [0.29, 0.717) is 10.9 Å². The van der Waals surface area contributed by atoms with Crippen molar-refractivity contribution in [3.8, 4) is 0 Å². The Bertz CT molecular complexity index is 1220. The number of amides is 2. The van der Waals surface area contributed by atoms with Crippen LogP contribution in [0.2, 0.25) is 0 Å². The van der Waals surface area contributed by atoms with Crippen molar-refractivity contribution >= 4 is 28.5 Å². The fraction of sp³-hybridized carbons (Fsp3) is 0.360. The van der Waals surface area contributed by atoms with Crippen LogP contribution in [-0.4, -0.2) is 57.1 Å². The number of benzene rings is 2. The Morgan fingerprint density at radius 3 is 2.55 bits per heavy atom. The summed E-state index contributed by atoms with van der Waals surface area (Å²) in [4.78, 5) is 39.3. The maximum atomic E-state index is 14.3. The number of fused-ring (bicyclic) bond motifs is 1. The lowest BCUT2D eigenvalue weighted by molar-refractivity contribution is -0.139. The van der Waals surface area contributed by atoms with E-state index >= 15 is 0 Å². The highest BCUT2D eigenvalue weighted by molar-refractivity contribution is 6.05. The van der Waals surface area contributed by atoms with Gasteiger partial charge < -0.3 is 10.2 Å². The zero-order valence-corrected chi connectivity index (χ0v) is 18.3. The summed E-state index contributed by atoms with van der Waals surface area (Å²) >= 11 is 0. The van der Waals surface area contributed by atoms with E-state index in [4.69, 9.17) is 0 Å². The predicted molar refractivity (Wildman–Crippen MR) is 120 cm³/mol. The van der Waals surface area contributed by atoms with Crippen LogP contribution < -0.4 is 5.32 Å². The quantitative estimate of drug-likeness (QED) is 0.588. The molecule has 5 rings (SSSR count). The molecule has 2 amide bonds. The molecule has 2 aromatic carbocycles. The largest absolute Gasteiger partial charge is 0.351 e. The van der Waals surface area contributed by atoms with Gasteiger partial charge in [0.2, 0.25) is 11.8 Å². The number of aromatic nitrogens is 2. The molecule has 3 aromatic rings. The van der Waals surface area contributed by atoms with Gasteiger partial charge in [0, 0.05) is 30.7 Å². The fourth-order valence-electron chi connectivity index (χ4n) is 4.74. The van der Waals surface area contributed by atoms with Crippen LogP contribution in [0.3, 0.4) is 0 Å². The molecule has 2 heterocycles. The Labute approximate surface area is 190 Å². The first-order valence-corrected chi connectivity index (χ1v) is 11.2. The van der Waals surface area contributed by atoms with E-state index in [1.807, 2.05) is 30.3 Å². The predicted octanol–water partition coefficient (Wildman–Crippen LogP) is 2.85. The second kappa shape index (κ2) is 8.42. The van der Waals surface area contributed by atoms with Gasteiger partial charge in [-0.05, 0) is 18.1 Å². The molecule has 1 aliphatic heterocycles. The van der Waals surface area contributed by atoms with Crippen molar-refractivity contribution in [2.45, 2.75) is 50.5 Å². The van der Waals surface area contributed by atoms with Gasteiger partial charge in [-0.25, -0.2) is 4.39 Å². The maximum absolute atomic E-state index is 14.3. The van der Waals surface area contributed by atoms with E-state index in [0.717, 1.165) is 12.0 Å². The first kappa shape index (κ1) is 21.3. The molecule has 1 N–H and O–H groups in total. The third kappa shape index (κ3) is 4.13. The average Bonchev–Trinajstić information content (AvgIpc) is 3.30. The van der Waals surface area contributed by atoms with Crippen LogP contribution in [-0.2, 0) is 16.1 Å². The zero-order valence-electron chi connectivity index (χ0n) is 18.3. The summed E-state index contributed by atoms with van der Waals surface area (Å²) in [6.07, 6.45) is -0.433. The first-order valence-electron chi connectivity index (χ1n) is 11.2. The molecule has 0 spiro atoms. The first-order chi connectivity index (χ1) is 15.9. The molecule has 1 saturated heterocycles. The average molecular weight is 448 g/mol. The van der Waals surface area contributed by atoms with Crippen molar-refractivity contribution in [2.75, 3.05) is 6.54 Å². The number of nitrogens with one attached hydrogen (secondary N) is 1. The van der Waals surface area contributed by atoms with E-state index in [-0.39, 0.29) is 48.9 Å². The van der Waals surface area contributed by atoms with E-state index in [1.165, 1.54) is 16.5 Å². The summed E-state index contributed by atoms with van der Waals surface area (Å²) in [5.41, 5.74) is 2.10. The molecule has 2 fully saturated rings. The number of ketones is 1. The molecule has 7 nitrogen and oxygen atoms in total. The Balaban J connectivity index is 1.29. The summed E-state index contributed by atoms with van der Waals surface area (Å²) in [6, 6.07) is 16.3. The SMILES string of the molecule is CC(=O)c1nn(CC(=O)N2C[C@H](F)C[C@H]2C(=O)N[C@@H]2C[C@H]2c2ccccc2)c2ccccc12. The molecule has 0 unspecified atom stereocenters. The summed E-state index contributed by atoms with van der Waals surface area (Å²) in [5.74, 6) is -0.657. The number of halogens is 1. The number of carbonyl (C=O) groups excluding carboxylic acids is 3. The summed E-state index contributed by atoms with van der Waals surface area (Å²) in [6.45, 7) is 1.14. The van der Waals surface area contributed by atoms with Gasteiger partial charge in [-0.2, -0.15) is 5.10 Å². The minimum Gasteiger partial charge on any atom is -0.351 e. The number of likely N-dealkylation sites (tertiary alicyclic amines) is 1. The van der Waals surface area contributed by atoms with Gasteiger partial charge in [0.25, 0.3) is 0 Å². The summed E-state index contributed by atoms with van der Waals surface area (Å²) in [5, 5.41) is 7.98. The number of para-hydroxylation sites is 1. The number of carbonyl (C=O) groups is 3. The highest BCUT2D eigenvalue weighted by Crippen LogP contribution is 2.41. The van der Waals surface area contributed by atoms with Crippen molar-refractivity contribution in [1.29, 1.82) is 0 Å². The van der Waals surface area contributed by atoms with Gasteiger partial charge in [-0.15, -0.1) is 0 Å². The van der Waals surface area contributed by atoms with E-state index in [1.54, 1.807) is 24.3 Å². The highest BCUT2D eigenvalue weighted by atomic mass is 19.1. The van der Waals surface area contributed by atoms with Crippen LogP contribution in [0.4, 0.5) is 4.39 Å². The molecule has 0 radical (unpaired) electrons. The Hall–Kier alpha value is -3.55. The van der Waals surface area contributed by atoms with Crippen LogP contribution >= 0.6 is 0 Å². The third-order valence-electron chi connectivity index (χ3n) is 6.50. The lowest BCUT2D eigenvalue weighted by atomic mass is 10.1. The van der Waals surface area contributed by atoms with Crippen LogP contribution in [0.1, 0.15) is 41.7 Å². The molecule has 1 aromatic heterocycles. The van der Waals surface area contributed by atoms with Crippen molar-refractivity contribution in [1.82, 2.24) is 20.0 Å². The maximum Gasteiger partial charge on any atom is 0.245 e. The lowest BCUT2D eigenvalue weighted by Crippen LogP contribution is -2.47. The van der Waals surface area contributed by atoms with Crippen molar-refractivity contribution < 1.29 is 18.8 Å². The normalized spacial score (nSPS) is 24.1. The molecule has 2 aliphatic rings. The second-order valence-electron chi connectivity index (χ2n) is 8.84. The number of rotatable bonds is 6. The Morgan fingerprint density at radius 1 is 1.06 bits per heavy atom. The van der Waals surface area contributed by atoms with E-state index in [2.05, 4.69) is 10.4 Å². The Morgan fingerprint density at radius 2 is 1.79 bits per heavy atom. The van der Waals surface area contributed by atoms with Gasteiger partial charge in [0.1, 0.15) is 24.5 Å². The van der Waals surface area contributed by atoms with Gasteiger partial charge in [0.05, 0.1) is 12.1 Å².